The zero-order chi connectivity index (χ0) is 13.1. The first kappa shape index (κ1) is 12.1. The second kappa shape index (κ2) is 3.55. The fourth-order valence-electron chi connectivity index (χ4n) is 4.73. The molecule has 0 saturated heterocycles. The van der Waals surface area contributed by atoms with Gasteiger partial charge >= 0.3 is 0 Å². The third-order valence-corrected chi connectivity index (χ3v) is 6.23. The summed E-state index contributed by atoms with van der Waals surface area (Å²) in [6.45, 7) is 12.2. The number of nitrogens with zero attached hydrogens (tertiary/aromatic N) is 2. The molecule has 3 rings (SSSR count). The maximum absolute atomic E-state index is 4.65. The van der Waals surface area contributed by atoms with Crippen LogP contribution in [0.4, 0.5) is 0 Å². The molecule has 18 heavy (non-hydrogen) atoms. The second-order valence-electron chi connectivity index (χ2n) is 7.42. The minimum Gasteiger partial charge on any atom is -0.245 e. The van der Waals surface area contributed by atoms with Crippen LogP contribution in [-0.4, -0.2) is 9.97 Å². The molecule has 2 nitrogen and oxygen atoms in total. The first-order chi connectivity index (χ1) is 8.37. The summed E-state index contributed by atoms with van der Waals surface area (Å²) in [5.74, 6) is 2.10. The van der Waals surface area contributed by atoms with E-state index in [-0.39, 0.29) is 0 Å². The maximum Gasteiger partial charge on any atom is 0.115 e. The Bertz CT molecular complexity index is 476. The molecular weight excluding hydrogens is 220 g/mol. The quantitative estimate of drug-likeness (QED) is 0.693. The topological polar surface area (TPSA) is 25.8 Å². The summed E-state index contributed by atoms with van der Waals surface area (Å²) in [4.78, 5) is 8.85. The van der Waals surface area contributed by atoms with Gasteiger partial charge in [0.2, 0.25) is 0 Å². The highest BCUT2D eigenvalue weighted by Crippen LogP contribution is 2.66. The summed E-state index contributed by atoms with van der Waals surface area (Å²) in [6.07, 6.45) is 6.22. The molecule has 3 atom stereocenters. The van der Waals surface area contributed by atoms with E-state index in [0.717, 1.165) is 18.3 Å². The third kappa shape index (κ3) is 1.35. The largest absolute Gasteiger partial charge is 0.245 e. The Morgan fingerprint density at radius 3 is 2.61 bits per heavy atom. The van der Waals surface area contributed by atoms with Gasteiger partial charge in [0.1, 0.15) is 6.33 Å². The van der Waals surface area contributed by atoms with Crippen LogP contribution in [-0.2, 0) is 6.42 Å². The van der Waals surface area contributed by atoms with Gasteiger partial charge in [0.25, 0.3) is 0 Å². The molecule has 1 heterocycles. The Hall–Kier alpha value is -0.920. The number of rotatable bonds is 0. The number of hydrogen-bond donors (Lipinski definition) is 0. The summed E-state index contributed by atoms with van der Waals surface area (Å²) in [5.41, 5.74) is 3.47. The smallest absolute Gasteiger partial charge is 0.115 e. The van der Waals surface area contributed by atoms with Crippen molar-refractivity contribution in [1.82, 2.24) is 9.97 Å². The molecule has 0 spiro atoms. The van der Waals surface area contributed by atoms with Gasteiger partial charge in [-0.2, -0.15) is 0 Å². The monoisotopic (exact) mass is 244 g/mol. The highest BCUT2D eigenvalue weighted by molar-refractivity contribution is 5.30. The number of hydrogen-bond acceptors (Lipinski definition) is 2. The molecular formula is C16H24N2. The summed E-state index contributed by atoms with van der Waals surface area (Å²) in [5, 5.41) is 0. The van der Waals surface area contributed by atoms with Crippen molar-refractivity contribution in [1.29, 1.82) is 0 Å². The molecule has 0 bridgehead atoms. The normalized spacial score (nSPS) is 35.9. The minimum absolute atomic E-state index is 0.331. The summed E-state index contributed by atoms with van der Waals surface area (Å²) in [7, 11) is 0. The van der Waals surface area contributed by atoms with Crippen LogP contribution in [0, 0.1) is 22.7 Å². The van der Waals surface area contributed by atoms with Crippen molar-refractivity contribution >= 4 is 0 Å². The maximum atomic E-state index is 4.65. The van der Waals surface area contributed by atoms with Crippen LogP contribution >= 0.6 is 0 Å². The van der Waals surface area contributed by atoms with E-state index >= 15 is 0 Å². The molecule has 1 fully saturated rings. The number of aromatic nitrogens is 2. The Kier molecular flexibility index (Phi) is 2.39. The van der Waals surface area contributed by atoms with E-state index in [4.69, 9.17) is 0 Å². The molecule has 2 aliphatic rings. The zero-order valence-corrected chi connectivity index (χ0v) is 12.2. The van der Waals surface area contributed by atoms with E-state index in [1.807, 2.05) is 6.20 Å². The lowest BCUT2D eigenvalue weighted by Crippen LogP contribution is -2.29. The molecule has 1 aromatic rings. The van der Waals surface area contributed by atoms with Crippen LogP contribution in [0.2, 0.25) is 0 Å². The predicted octanol–water partition coefficient (Wildman–Crippen LogP) is 3.82. The molecule has 0 aromatic carbocycles. The zero-order valence-electron chi connectivity index (χ0n) is 12.2. The van der Waals surface area contributed by atoms with Gasteiger partial charge in [-0.25, -0.2) is 9.97 Å². The van der Waals surface area contributed by atoms with Crippen molar-refractivity contribution in [3.8, 4) is 0 Å². The van der Waals surface area contributed by atoms with E-state index in [2.05, 4.69) is 44.6 Å². The van der Waals surface area contributed by atoms with Gasteiger partial charge in [0.05, 0.1) is 5.69 Å². The average Bonchev–Trinajstić information content (AvgIpc) is 2.48. The first-order valence-corrected chi connectivity index (χ1v) is 7.15. The molecule has 1 aromatic heterocycles. The lowest BCUT2D eigenvalue weighted by molar-refractivity contribution is 0.150. The van der Waals surface area contributed by atoms with Crippen molar-refractivity contribution in [2.45, 2.75) is 53.4 Å². The van der Waals surface area contributed by atoms with Gasteiger partial charge in [-0.3, -0.25) is 0 Å². The molecule has 1 unspecified atom stereocenters. The van der Waals surface area contributed by atoms with Crippen LogP contribution in [0.1, 0.15) is 58.2 Å². The van der Waals surface area contributed by atoms with Crippen LogP contribution in [0.25, 0.3) is 0 Å². The molecule has 0 amide bonds. The number of fused-ring (bicyclic) bond motifs is 3. The Balaban J connectivity index is 2.16. The summed E-state index contributed by atoms with van der Waals surface area (Å²) in [6, 6.07) is 0. The summed E-state index contributed by atoms with van der Waals surface area (Å²) >= 11 is 0. The van der Waals surface area contributed by atoms with E-state index < -0.39 is 0 Å². The van der Waals surface area contributed by atoms with Crippen LogP contribution in [0.5, 0.6) is 0 Å². The van der Waals surface area contributed by atoms with Gasteiger partial charge in [0.15, 0.2) is 0 Å². The molecule has 1 saturated carbocycles. The van der Waals surface area contributed by atoms with Crippen molar-refractivity contribution < 1.29 is 0 Å². The van der Waals surface area contributed by atoms with Gasteiger partial charge in [0, 0.05) is 12.1 Å². The van der Waals surface area contributed by atoms with E-state index in [0.29, 0.717) is 16.7 Å². The van der Waals surface area contributed by atoms with Crippen molar-refractivity contribution in [2.24, 2.45) is 22.7 Å². The van der Waals surface area contributed by atoms with Gasteiger partial charge in [-0.05, 0) is 41.1 Å². The standard InChI is InChI=1S/C16H24N2/c1-10-15(2,3)12-7-6-11-8-17-9-18-14(11)13(12)16(10,4)5/h8-10,12-13H,6-7H2,1-5H3/t10?,12-,13+/m1/s1. The number of aryl methyl sites for hydroxylation is 1. The lowest BCUT2D eigenvalue weighted by atomic mass is 9.68. The van der Waals surface area contributed by atoms with Crippen molar-refractivity contribution in [2.75, 3.05) is 0 Å². The molecule has 98 valence electrons. The fraction of sp³-hybridized carbons (Fsp3) is 0.750. The molecule has 0 aliphatic heterocycles. The van der Waals surface area contributed by atoms with Crippen LogP contribution < -0.4 is 0 Å². The van der Waals surface area contributed by atoms with Crippen LogP contribution in [0.3, 0.4) is 0 Å². The van der Waals surface area contributed by atoms with E-state index in [1.165, 1.54) is 17.7 Å². The van der Waals surface area contributed by atoms with Gasteiger partial charge < -0.3 is 0 Å². The molecule has 2 heteroatoms. The minimum atomic E-state index is 0.331. The van der Waals surface area contributed by atoms with Crippen molar-refractivity contribution in [3.63, 3.8) is 0 Å². The summed E-state index contributed by atoms with van der Waals surface area (Å²) < 4.78 is 0. The highest BCUT2D eigenvalue weighted by Gasteiger charge is 2.59. The second-order valence-corrected chi connectivity index (χ2v) is 7.42. The highest BCUT2D eigenvalue weighted by atomic mass is 14.9. The SMILES string of the molecule is CC1C(C)(C)[C@@H]2CCc3cncnc3[C@H]2C1(C)C. The Labute approximate surface area is 110 Å². The van der Waals surface area contributed by atoms with Gasteiger partial charge in [-0.1, -0.05) is 34.6 Å². The fourth-order valence-corrected chi connectivity index (χ4v) is 4.73. The third-order valence-electron chi connectivity index (χ3n) is 6.23. The van der Waals surface area contributed by atoms with Gasteiger partial charge in [-0.15, -0.1) is 0 Å². The van der Waals surface area contributed by atoms with Crippen LogP contribution in [0.15, 0.2) is 12.5 Å². The molecule has 2 aliphatic carbocycles. The average molecular weight is 244 g/mol. The van der Waals surface area contributed by atoms with E-state index in [9.17, 15) is 0 Å². The molecule has 0 radical (unpaired) electrons. The Morgan fingerprint density at radius 1 is 1.17 bits per heavy atom. The van der Waals surface area contributed by atoms with E-state index in [1.54, 1.807) is 6.33 Å². The Morgan fingerprint density at radius 2 is 1.89 bits per heavy atom. The molecule has 0 N–H and O–H groups in total. The van der Waals surface area contributed by atoms with Crippen molar-refractivity contribution in [3.05, 3.63) is 23.8 Å². The predicted molar refractivity (Wildman–Crippen MR) is 73.3 cm³/mol. The lowest BCUT2D eigenvalue weighted by Gasteiger charge is -2.37. The first-order valence-electron chi connectivity index (χ1n) is 7.15.